The fourth-order valence-electron chi connectivity index (χ4n) is 7.42. The van der Waals surface area contributed by atoms with Crippen LogP contribution in [0.2, 0.25) is 0 Å². The first-order valence-corrected chi connectivity index (χ1v) is 14.3. The zero-order valence-electron chi connectivity index (χ0n) is 21.0. The van der Waals surface area contributed by atoms with Gasteiger partial charge >= 0.3 is 4.87 Å². The van der Waals surface area contributed by atoms with Gasteiger partial charge in [0.2, 0.25) is 11.8 Å². The molecule has 0 spiro atoms. The zero-order valence-corrected chi connectivity index (χ0v) is 22.6. The lowest BCUT2D eigenvalue weighted by molar-refractivity contribution is -0.123. The molecule has 2 bridgehead atoms. The molecule has 1 N–H and O–H groups in total. The van der Waals surface area contributed by atoms with Gasteiger partial charge in [0.15, 0.2) is 11.5 Å². The number of fused-ring (bicyclic) bond motifs is 9. The van der Waals surface area contributed by atoms with Crippen molar-refractivity contribution in [1.82, 2.24) is 4.98 Å². The Kier molecular flexibility index (Phi) is 5.42. The number of ether oxygens (including phenoxy) is 3. The van der Waals surface area contributed by atoms with Crippen LogP contribution in [0.4, 0.5) is 5.69 Å². The lowest BCUT2D eigenvalue weighted by Gasteiger charge is -2.43. The van der Waals surface area contributed by atoms with Crippen LogP contribution in [-0.2, 0) is 9.59 Å². The normalized spacial score (nSPS) is 30.7. The number of nitrogens with one attached hydrogen (secondary N) is 1. The SMILES string of the molecule is COc1ccc(N2C(=O)[C@@H]3[C@H]4C[C@@H]([C@@H]3C2=O)[C@@H]2[C@@H](c3ccc(OC)c(OC)c3)c3sc(=O)[nH]c3S[C@H]42)cc1. The Hall–Kier alpha value is -3.24. The second kappa shape index (κ2) is 8.64. The Bertz CT molecular complexity index is 1510. The summed E-state index contributed by atoms with van der Waals surface area (Å²) < 4.78 is 16.3. The van der Waals surface area contributed by atoms with E-state index >= 15 is 0 Å². The van der Waals surface area contributed by atoms with Gasteiger partial charge in [-0.05, 0) is 66.1 Å². The summed E-state index contributed by atoms with van der Waals surface area (Å²) in [6.07, 6.45) is 0.842. The summed E-state index contributed by atoms with van der Waals surface area (Å²) in [6, 6.07) is 13.0. The smallest absolute Gasteiger partial charge is 0.305 e. The molecule has 3 heterocycles. The minimum atomic E-state index is -0.351. The Labute approximate surface area is 227 Å². The standard InChI is InChI=1S/C28H26N2O6S2/c1-34-14-7-5-13(6-8-14)30-26(31)21-15-11-16(22(21)27(30)32)23-20(15)19(24-25(37-23)29-28(33)38-24)12-4-9-17(35-2)18(10-12)36-3/h4-10,15-16,19-23H,11H2,1-3H3,(H,29,33)/t15-,16-,19-,20-,21+,22-,23-/m1/s1. The fraction of sp³-hybridized carbons (Fsp3) is 0.393. The molecule has 10 heteroatoms. The summed E-state index contributed by atoms with van der Waals surface area (Å²) in [5.41, 5.74) is 1.62. The number of rotatable bonds is 5. The second-order valence-corrected chi connectivity index (χ2v) is 12.5. The first-order chi connectivity index (χ1) is 18.4. The number of thiazole rings is 1. The minimum Gasteiger partial charge on any atom is -0.497 e. The monoisotopic (exact) mass is 550 g/mol. The van der Waals surface area contributed by atoms with E-state index in [1.165, 1.54) is 16.2 Å². The van der Waals surface area contributed by atoms with Crippen molar-refractivity contribution in [1.29, 1.82) is 0 Å². The molecule has 1 aromatic heterocycles. The molecule has 1 saturated heterocycles. The molecule has 2 aliphatic heterocycles. The summed E-state index contributed by atoms with van der Waals surface area (Å²) in [5, 5.41) is 1.01. The van der Waals surface area contributed by atoms with Crippen LogP contribution in [0, 0.1) is 29.6 Å². The largest absolute Gasteiger partial charge is 0.497 e. The van der Waals surface area contributed by atoms with Crippen LogP contribution in [0.25, 0.3) is 0 Å². The highest BCUT2D eigenvalue weighted by Gasteiger charge is 2.69. The molecule has 38 heavy (non-hydrogen) atoms. The van der Waals surface area contributed by atoms with Gasteiger partial charge in [-0.3, -0.25) is 19.3 Å². The number of hydrogen-bond donors (Lipinski definition) is 1. The molecule has 7 atom stereocenters. The summed E-state index contributed by atoms with van der Waals surface area (Å²) >= 11 is 2.92. The Morgan fingerprint density at radius 3 is 2.26 bits per heavy atom. The maximum absolute atomic E-state index is 13.9. The molecule has 3 fully saturated rings. The number of nitrogens with zero attached hydrogens (tertiary/aromatic N) is 1. The number of aromatic nitrogens is 1. The zero-order chi connectivity index (χ0) is 26.3. The summed E-state index contributed by atoms with van der Waals surface area (Å²) in [4.78, 5) is 45.4. The molecule has 7 rings (SSSR count). The van der Waals surface area contributed by atoms with Crippen LogP contribution >= 0.6 is 23.1 Å². The number of anilines is 1. The first-order valence-electron chi connectivity index (χ1n) is 12.6. The van der Waals surface area contributed by atoms with Crippen LogP contribution in [0.5, 0.6) is 17.2 Å². The van der Waals surface area contributed by atoms with Gasteiger partial charge in [-0.1, -0.05) is 17.4 Å². The molecule has 4 aliphatic rings. The highest BCUT2D eigenvalue weighted by Crippen LogP contribution is 2.68. The van der Waals surface area contributed by atoms with E-state index < -0.39 is 0 Å². The number of thioether (sulfide) groups is 1. The van der Waals surface area contributed by atoms with E-state index in [0.29, 0.717) is 22.9 Å². The van der Waals surface area contributed by atoms with E-state index in [2.05, 4.69) is 4.98 Å². The van der Waals surface area contributed by atoms with Crippen molar-refractivity contribution in [2.75, 3.05) is 26.2 Å². The number of aromatic amines is 1. The van der Waals surface area contributed by atoms with E-state index in [9.17, 15) is 14.4 Å². The van der Waals surface area contributed by atoms with Crippen LogP contribution in [0.15, 0.2) is 52.3 Å². The maximum atomic E-state index is 13.9. The van der Waals surface area contributed by atoms with Gasteiger partial charge in [-0.25, -0.2) is 0 Å². The van der Waals surface area contributed by atoms with E-state index in [1.54, 1.807) is 57.4 Å². The molecule has 0 unspecified atom stereocenters. The predicted molar refractivity (Wildman–Crippen MR) is 144 cm³/mol. The van der Waals surface area contributed by atoms with Gasteiger partial charge in [0, 0.05) is 16.0 Å². The Morgan fingerprint density at radius 2 is 1.58 bits per heavy atom. The van der Waals surface area contributed by atoms with Gasteiger partial charge in [0.05, 0.1) is 43.9 Å². The molecule has 2 saturated carbocycles. The number of carbonyl (C=O) groups excluding carboxylic acids is 2. The third-order valence-electron chi connectivity index (χ3n) is 8.82. The molecular weight excluding hydrogens is 524 g/mol. The van der Waals surface area contributed by atoms with Crippen molar-refractivity contribution < 1.29 is 23.8 Å². The van der Waals surface area contributed by atoms with Crippen molar-refractivity contribution in [3.05, 3.63) is 62.6 Å². The van der Waals surface area contributed by atoms with Crippen molar-refractivity contribution in [3.63, 3.8) is 0 Å². The van der Waals surface area contributed by atoms with E-state index in [-0.39, 0.29) is 57.4 Å². The van der Waals surface area contributed by atoms with Gasteiger partial charge in [-0.15, -0.1) is 11.8 Å². The third kappa shape index (κ3) is 3.19. The molecular formula is C28H26N2O6S2. The molecule has 196 valence electrons. The lowest BCUT2D eigenvalue weighted by atomic mass is 9.68. The molecule has 8 nitrogen and oxygen atoms in total. The van der Waals surface area contributed by atoms with Gasteiger partial charge in [0.1, 0.15) is 5.75 Å². The number of amides is 2. The number of hydrogen-bond acceptors (Lipinski definition) is 8. The average Bonchev–Trinajstić information content (AvgIpc) is 3.67. The number of carbonyl (C=O) groups is 2. The first kappa shape index (κ1) is 23.8. The number of H-pyrrole nitrogens is 1. The Morgan fingerprint density at radius 1 is 0.868 bits per heavy atom. The minimum absolute atomic E-state index is 0.0469. The van der Waals surface area contributed by atoms with Crippen LogP contribution in [0.3, 0.4) is 0 Å². The number of benzene rings is 2. The summed E-state index contributed by atoms with van der Waals surface area (Å²) in [5.74, 6) is 1.20. The molecule has 2 aromatic carbocycles. The predicted octanol–water partition coefficient (Wildman–Crippen LogP) is 4.14. The van der Waals surface area contributed by atoms with Crippen molar-refractivity contribution in [2.24, 2.45) is 29.6 Å². The summed E-state index contributed by atoms with van der Waals surface area (Å²) in [7, 11) is 4.80. The number of imide groups is 1. The molecule has 2 amide bonds. The highest BCUT2D eigenvalue weighted by molar-refractivity contribution is 8.00. The second-order valence-electron chi connectivity index (χ2n) is 10.3. The van der Waals surface area contributed by atoms with Gasteiger partial charge < -0.3 is 19.2 Å². The van der Waals surface area contributed by atoms with Crippen LogP contribution in [0.1, 0.15) is 22.8 Å². The van der Waals surface area contributed by atoms with Crippen LogP contribution < -0.4 is 24.0 Å². The van der Waals surface area contributed by atoms with Crippen LogP contribution in [-0.4, -0.2) is 43.4 Å². The van der Waals surface area contributed by atoms with E-state index in [1.807, 2.05) is 18.2 Å². The molecule has 0 radical (unpaired) electrons. The Balaban J connectivity index is 1.31. The highest BCUT2D eigenvalue weighted by atomic mass is 32.2. The van der Waals surface area contributed by atoms with Crippen molar-refractivity contribution >= 4 is 40.6 Å². The third-order valence-corrected chi connectivity index (χ3v) is 11.4. The van der Waals surface area contributed by atoms with E-state index in [4.69, 9.17) is 14.2 Å². The lowest BCUT2D eigenvalue weighted by Crippen LogP contribution is -2.42. The fourth-order valence-corrected chi connectivity index (χ4v) is 10.3. The quantitative estimate of drug-likeness (QED) is 0.477. The number of methoxy groups -OCH3 is 3. The molecule has 3 aromatic rings. The van der Waals surface area contributed by atoms with Gasteiger partial charge in [-0.2, -0.15) is 0 Å². The van der Waals surface area contributed by atoms with Crippen molar-refractivity contribution in [3.8, 4) is 17.2 Å². The average molecular weight is 551 g/mol. The molecule has 2 aliphatic carbocycles. The van der Waals surface area contributed by atoms with E-state index in [0.717, 1.165) is 21.9 Å². The summed E-state index contributed by atoms with van der Waals surface area (Å²) in [6.45, 7) is 0. The van der Waals surface area contributed by atoms with Gasteiger partial charge in [0.25, 0.3) is 0 Å². The maximum Gasteiger partial charge on any atom is 0.305 e. The topological polar surface area (TPSA) is 97.9 Å². The van der Waals surface area contributed by atoms with Crippen molar-refractivity contribution in [2.45, 2.75) is 22.6 Å².